The largest absolute Gasteiger partial charge is 0.465 e. The lowest BCUT2D eigenvalue weighted by molar-refractivity contribution is -0.146. The van der Waals surface area contributed by atoms with Crippen molar-refractivity contribution >= 4 is 11.8 Å². The van der Waals surface area contributed by atoms with Crippen molar-refractivity contribution in [2.75, 3.05) is 6.61 Å². The average molecular weight is 219 g/mol. The Labute approximate surface area is 93.6 Å². The molecule has 0 aromatic carbocycles. The molecule has 1 aliphatic rings. The third-order valence-corrected chi connectivity index (χ3v) is 2.77. The van der Waals surface area contributed by atoms with Crippen molar-refractivity contribution in [2.24, 2.45) is 5.92 Å². The summed E-state index contributed by atoms with van der Waals surface area (Å²) in [6.07, 6.45) is 4.46. The molecule has 0 saturated carbocycles. The number of esters is 1. The van der Waals surface area contributed by atoms with Gasteiger partial charge >= 0.3 is 5.97 Å². The molecule has 1 heterocycles. The van der Waals surface area contributed by atoms with Crippen molar-refractivity contribution < 1.29 is 14.3 Å². The summed E-state index contributed by atoms with van der Waals surface area (Å²) in [5, 5.41) is 0. The van der Waals surface area contributed by atoms with E-state index >= 15 is 0 Å². The first-order valence-corrected chi connectivity index (χ1v) is 5.37. The van der Waals surface area contributed by atoms with Gasteiger partial charge in [0.15, 0.2) is 5.78 Å². The smallest absolute Gasteiger partial charge is 0.316 e. The molecule has 84 valence electrons. The fourth-order valence-corrected chi connectivity index (χ4v) is 1.95. The Morgan fingerprint density at radius 1 is 1.62 bits per heavy atom. The maximum Gasteiger partial charge on any atom is 0.316 e. The Morgan fingerprint density at radius 2 is 2.44 bits per heavy atom. The summed E-state index contributed by atoms with van der Waals surface area (Å²) in [6, 6.07) is 1.83. The van der Waals surface area contributed by atoms with Crippen LogP contribution in [-0.4, -0.2) is 23.3 Å². The molecule has 1 aliphatic carbocycles. The van der Waals surface area contributed by atoms with Crippen LogP contribution in [0.5, 0.6) is 0 Å². The lowest BCUT2D eigenvalue weighted by atomic mass is 9.84. The van der Waals surface area contributed by atoms with Crippen LogP contribution in [0.2, 0.25) is 0 Å². The SMILES string of the molecule is CCOC(=O)[C@H]1CCc2ccncc2C1=O. The van der Waals surface area contributed by atoms with Crippen molar-refractivity contribution in [3.63, 3.8) is 0 Å². The molecule has 16 heavy (non-hydrogen) atoms. The van der Waals surface area contributed by atoms with E-state index < -0.39 is 11.9 Å². The highest BCUT2D eigenvalue weighted by atomic mass is 16.5. The van der Waals surface area contributed by atoms with Gasteiger partial charge in [-0.2, -0.15) is 0 Å². The summed E-state index contributed by atoms with van der Waals surface area (Å²) in [7, 11) is 0. The van der Waals surface area contributed by atoms with E-state index in [2.05, 4.69) is 4.98 Å². The number of aryl methyl sites for hydroxylation is 1. The first-order chi connectivity index (χ1) is 7.74. The fraction of sp³-hybridized carbons (Fsp3) is 0.417. The first-order valence-electron chi connectivity index (χ1n) is 5.37. The average Bonchev–Trinajstić information content (AvgIpc) is 2.30. The standard InChI is InChI=1S/C12H13NO3/c1-2-16-12(15)9-4-3-8-5-6-13-7-10(8)11(9)14/h5-7,9H,2-4H2,1H3/t9-/m0/s1. The normalized spacial score (nSPS) is 19.1. The Kier molecular flexibility index (Phi) is 2.99. The number of rotatable bonds is 2. The van der Waals surface area contributed by atoms with Gasteiger partial charge in [0, 0.05) is 18.0 Å². The zero-order valence-corrected chi connectivity index (χ0v) is 9.10. The highest BCUT2D eigenvalue weighted by molar-refractivity contribution is 6.10. The van der Waals surface area contributed by atoms with Crippen molar-refractivity contribution in [1.82, 2.24) is 4.98 Å². The summed E-state index contributed by atoms with van der Waals surface area (Å²) < 4.78 is 4.89. The van der Waals surface area contributed by atoms with Gasteiger partial charge in [0.2, 0.25) is 0 Å². The molecule has 0 N–H and O–H groups in total. The summed E-state index contributed by atoms with van der Waals surface area (Å²) in [5.74, 6) is -1.22. The van der Waals surface area contributed by atoms with Gasteiger partial charge in [0.05, 0.1) is 6.61 Å². The Morgan fingerprint density at radius 3 is 3.19 bits per heavy atom. The number of pyridine rings is 1. The zero-order chi connectivity index (χ0) is 11.5. The van der Waals surface area contributed by atoms with E-state index in [-0.39, 0.29) is 5.78 Å². The number of Topliss-reactive ketones (excluding diaryl/α,β-unsaturated/α-hetero) is 1. The fourth-order valence-electron chi connectivity index (χ4n) is 1.95. The summed E-state index contributed by atoms with van der Waals surface area (Å²) in [5.41, 5.74) is 1.53. The second kappa shape index (κ2) is 4.43. The summed E-state index contributed by atoms with van der Waals surface area (Å²) in [6.45, 7) is 2.04. The molecular weight excluding hydrogens is 206 g/mol. The van der Waals surface area contributed by atoms with Crippen molar-refractivity contribution in [2.45, 2.75) is 19.8 Å². The van der Waals surface area contributed by atoms with Gasteiger partial charge in [0.25, 0.3) is 0 Å². The van der Waals surface area contributed by atoms with Crippen LogP contribution in [-0.2, 0) is 16.0 Å². The van der Waals surface area contributed by atoms with Crippen LogP contribution in [0.1, 0.15) is 29.3 Å². The van der Waals surface area contributed by atoms with Gasteiger partial charge in [-0.1, -0.05) is 0 Å². The van der Waals surface area contributed by atoms with E-state index in [0.29, 0.717) is 18.6 Å². The zero-order valence-electron chi connectivity index (χ0n) is 9.10. The van der Waals surface area contributed by atoms with Gasteiger partial charge in [0.1, 0.15) is 5.92 Å². The molecule has 0 saturated heterocycles. The Hall–Kier alpha value is -1.71. The number of carbonyl (C=O) groups is 2. The van der Waals surface area contributed by atoms with Gasteiger partial charge in [-0.25, -0.2) is 0 Å². The van der Waals surface area contributed by atoms with E-state index in [1.54, 1.807) is 13.1 Å². The number of carbonyl (C=O) groups excluding carboxylic acids is 2. The number of fused-ring (bicyclic) bond motifs is 1. The molecule has 4 heteroatoms. The first kappa shape index (κ1) is 10.8. The molecule has 4 nitrogen and oxygen atoms in total. The van der Waals surface area contributed by atoms with Gasteiger partial charge in [-0.05, 0) is 31.4 Å². The van der Waals surface area contributed by atoms with E-state index in [1.807, 2.05) is 6.07 Å². The topological polar surface area (TPSA) is 56.3 Å². The number of ketones is 1. The number of ether oxygens (including phenoxy) is 1. The van der Waals surface area contributed by atoms with Crippen molar-refractivity contribution in [3.8, 4) is 0 Å². The van der Waals surface area contributed by atoms with Crippen molar-refractivity contribution in [3.05, 3.63) is 29.6 Å². The number of nitrogens with zero attached hydrogens (tertiary/aromatic N) is 1. The van der Waals surface area contributed by atoms with Crippen LogP contribution >= 0.6 is 0 Å². The van der Waals surface area contributed by atoms with Crippen molar-refractivity contribution in [1.29, 1.82) is 0 Å². The number of aromatic nitrogens is 1. The maximum atomic E-state index is 12.0. The molecule has 0 aliphatic heterocycles. The molecule has 0 unspecified atom stereocenters. The molecule has 1 atom stereocenters. The molecule has 0 amide bonds. The van der Waals surface area contributed by atoms with Crippen LogP contribution in [0.3, 0.4) is 0 Å². The second-order valence-corrected chi connectivity index (χ2v) is 3.74. The van der Waals surface area contributed by atoms with Crippen LogP contribution in [0.4, 0.5) is 0 Å². The lowest BCUT2D eigenvalue weighted by Crippen LogP contribution is -2.31. The van der Waals surface area contributed by atoms with E-state index in [9.17, 15) is 9.59 Å². The highest BCUT2D eigenvalue weighted by Crippen LogP contribution is 2.25. The maximum absolute atomic E-state index is 12.0. The molecular formula is C12H13NO3. The predicted octanol–water partition coefficient (Wildman–Crippen LogP) is 1.39. The number of hydrogen-bond acceptors (Lipinski definition) is 4. The molecule has 1 aromatic rings. The van der Waals surface area contributed by atoms with Gasteiger partial charge in [-0.15, -0.1) is 0 Å². The van der Waals surface area contributed by atoms with Crippen LogP contribution in [0.15, 0.2) is 18.5 Å². The Balaban J connectivity index is 2.24. The summed E-state index contributed by atoms with van der Waals surface area (Å²) >= 11 is 0. The van der Waals surface area contributed by atoms with E-state index in [4.69, 9.17) is 4.74 Å². The minimum absolute atomic E-state index is 0.159. The van der Waals surface area contributed by atoms with Crippen LogP contribution in [0.25, 0.3) is 0 Å². The van der Waals surface area contributed by atoms with E-state index in [1.165, 1.54) is 6.20 Å². The molecule has 0 fully saturated rings. The monoisotopic (exact) mass is 219 g/mol. The molecule has 2 rings (SSSR count). The van der Waals surface area contributed by atoms with Crippen LogP contribution < -0.4 is 0 Å². The minimum atomic E-state index is -0.642. The number of hydrogen-bond donors (Lipinski definition) is 0. The lowest BCUT2D eigenvalue weighted by Gasteiger charge is -2.21. The Bertz CT molecular complexity index is 428. The second-order valence-electron chi connectivity index (χ2n) is 3.74. The highest BCUT2D eigenvalue weighted by Gasteiger charge is 2.33. The van der Waals surface area contributed by atoms with Gasteiger partial charge in [-0.3, -0.25) is 14.6 Å². The van der Waals surface area contributed by atoms with Gasteiger partial charge < -0.3 is 4.74 Å². The molecule has 0 spiro atoms. The third kappa shape index (κ3) is 1.83. The molecule has 0 radical (unpaired) electrons. The predicted molar refractivity (Wildman–Crippen MR) is 57.0 cm³/mol. The minimum Gasteiger partial charge on any atom is -0.465 e. The third-order valence-electron chi connectivity index (χ3n) is 2.77. The molecule has 1 aromatic heterocycles. The summed E-state index contributed by atoms with van der Waals surface area (Å²) in [4.78, 5) is 27.5. The quantitative estimate of drug-likeness (QED) is 0.557. The van der Waals surface area contributed by atoms with Crippen LogP contribution in [0, 0.1) is 5.92 Å². The molecule has 0 bridgehead atoms. The van der Waals surface area contributed by atoms with E-state index in [0.717, 1.165) is 12.0 Å².